The van der Waals surface area contributed by atoms with Crippen LogP contribution in [0, 0.1) is 40.9 Å². The summed E-state index contributed by atoms with van der Waals surface area (Å²) in [6.07, 6.45) is 1.44. The second kappa shape index (κ2) is 8.87. The SMILES string of the molecule is NC(=[NH2+])c1ccc([C@H]2[C@H]3C(=O)N(Cc4c(F)c(F)c(F)c(F)c4F)C(=O)[C@H]3C3CCCN32)cc1.[Cl-]. The number of carbonyl (C=O) groups is 2. The number of fused-ring (bicyclic) bond motifs is 3. The minimum absolute atomic E-state index is 0. The number of nitrogens with zero attached hydrogens (tertiary/aromatic N) is 2. The molecule has 0 saturated carbocycles. The van der Waals surface area contributed by atoms with E-state index in [0.29, 0.717) is 23.4 Å². The maximum absolute atomic E-state index is 14.3. The smallest absolute Gasteiger partial charge is 0.270 e. The van der Waals surface area contributed by atoms with Crippen LogP contribution in [-0.2, 0) is 16.1 Å². The molecule has 5 rings (SSSR count). The van der Waals surface area contributed by atoms with E-state index < -0.39 is 70.9 Å². The van der Waals surface area contributed by atoms with Crippen molar-refractivity contribution in [1.82, 2.24) is 9.80 Å². The Morgan fingerprint density at radius 2 is 1.46 bits per heavy atom. The summed E-state index contributed by atoms with van der Waals surface area (Å²) in [5.74, 6) is -13.5. The normalized spacial score (nSPS) is 25.6. The lowest BCUT2D eigenvalue weighted by atomic mass is 9.85. The molecule has 2 aromatic rings. The van der Waals surface area contributed by atoms with Crippen molar-refractivity contribution >= 4 is 17.6 Å². The molecule has 6 nitrogen and oxygen atoms in total. The van der Waals surface area contributed by atoms with E-state index in [0.717, 1.165) is 12.0 Å². The Morgan fingerprint density at radius 3 is 2.03 bits per heavy atom. The summed E-state index contributed by atoms with van der Waals surface area (Å²) in [4.78, 5) is 29.3. The van der Waals surface area contributed by atoms with Crippen molar-refractivity contribution in [3.8, 4) is 0 Å². The van der Waals surface area contributed by atoms with Gasteiger partial charge in [-0.2, -0.15) is 0 Å². The topological polar surface area (TPSA) is 92.2 Å². The van der Waals surface area contributed by atoms with Crippen LogP contribution in [0.15, 0.2) is 24.3 Å². The number of amides is 2. The van der Waals surface area contributed by atoms with Crippen LogP contribution in [0.25, 0.3) is 0 Å². The fourth-order valence-corrected chi connectivity index (χ4v) is 5.64. The molecule has 3 saturated heterocycles. The van der Waals surface area contributed by atoms with Crippen LogP contribution in [-0.4, -0.2) is 40.0 Å². The Kier molecular flexibility index (Phi) is 6.35. The lowest BCUT2D eigenvalue weighted by Crippen LogP contribution is -3.00. The second-order valence-electron chi connectivity index (χ2n) is 8.83. The average molecular weight is 515 g/mol. The van der Waals surface area contributed by atoms with Gasteiger partial charge in [-0.3, -0.25) is 30.5 Å². The number of benzene rings is 2. The number of hydrogen-bond donors (Lipinski definition) is 2. The zero-order valence-electron chi connectivity index (χ0n) is 18.1. The number of carbonyl (C=O) groups excluding carboxylic acids is 2. The predicted molar refractivity (Wildman–Crippen MR) is 108 cm³/mol. The molecule has 3 aliphatic heterocycles. The standard InChI is InChI=1S/C23H19F5N4O2.ClH/c24-15-11(16(25)18(27)19(28)17(15)26)8-32-22(33)13-12-2-1-7-31(12)20(14(13)23(32)34)9-3-5-10(6-4-9)21(29)30;/h3-6,12-14,20H,1-2,7-8H2,(H3,29,30);1H/t12?,13-,14-,20-;/m0./s1. The lowest BCUT2D eigenvalue weighted by Gasteiger charge is -2.29. The summed E-state index contributed by atoms with van der Waals surface area (Å²) in [6.45, 7) is -0.374. The van der Waals surface area contributed by atoms with E-state index in [1.54, 1.807) is 24.3 Å². The molecular formula is C23H20ClF5N4O2. The van der Waals surface area contributed by atoms with Crippen LogP contribution in [0.1, 0.15) is 35.6 Å². The van der Waals surface area contributed by atoms with Crippen LogP contribution in [0.3, 0.4) is 0 Å². The first-order chi connectivity index (χ1) is 16.1. The minimum Gasteiger partial charge on any atom is -1.00 e. The maximum Gasteiger partial charge on any atom is 0.270 e. The van der Waals surface area contributed by atoms with Crippen LogP contribution in [0.4, 0.5) is 22.0 Å². The Morgan fingerprint density at radius 1 is 0.914 bits per heavy atom. The first-order valence-corrected chi connectivity index (χ1v) is 10.7. The van der Waals surface area contributed by atoms with Crippen molar-refractivity contribution in [2.75, 3.05) is 6.54 Å². The van der Waals surface area contributed by atoms with Crippen LogP contribution in [0.5, 0.6) is 0 Å². The largest absolute Gasteiger partial charge is 1.00 e. The van der Waals surface area contributed by atoms with E-state index in [1.165, 1.54) is 0 Å². The van der Waals surface area contributed by atoms with Crippen molar-refractivity contribution in [2.45, 2.75) is 31.5 Å². The molecule has 0 spiro atoms. The van der Waals surface area contributed by atoms with E-state index in [-0.39, 0.29) is 24.3 Å². The van der Waals surface area contributed by atoms with Gasteiger partial charge in [0.15, 0.2) is 23.3 Å². The van der Waals surface area contributed by atoms with Crippen molar-refractivity contribution in [3.63, 3.8) is 0 Å². The Hall–Kier alpha value is -3.05. The summed E-state index contributed by atoms with van der Waals surface area (Å²) in [5.41, 5.74) is 5.74. The number of halogens is 6. The van der Waals surface area contributed by atoms with Crippen molar-refractivity contribution in [1.29, 1.82) is 0 Å². The van der Waals surface area contributed by atoms with Crippen molar-refractivity contribution in [2.24, 2.45) is 17.6 Å². The molecule has 4 N–H and O–H groups in total. The third-order valence-electron chi connectivity index (χ3n) is 7.15. The molecule has 3 heterocycles. The van der Waals surface area contributed by atoms with Gasteiger partial charge in [-0.05, 0) is 37.1 Å². The van der Waals surface area contributed by atoms with Crippen LogP contribution >= 0.6 is 0 Å². The monoisotopic (exact) mass is 514 g/mol. The van der Waals surface area contributed by atoms with Gasteiger partial charge >= 0.3 is 0 Å². The molecule has 4 atom stereocenters. The van der Waals surface area contributed by atoms with Gasteiger partial charge in [0.1, 0.15) is 0 Å². The molecular weight excluding hydrogens is 495 g/mol. The third-order valence-corrected chi connectivity index (χ3v) is 7.15. The van der Waals surface area contributed by atoms with Gasteiger partial charge in [0, 0.05) is 17.6 Å². The highest BCUT2D eigenvalue weighted by molar-refractivity contribution is 6.06. The summed E-state index contributed by atoms with van der Waals surface area (Å²) in [6, 6.07) is 6.14. The molecule has 186 valence electrons. The lowest BCUT2D eigenvalue weighted by molar-refractivity contribution is -0.142. The van der Waals surface area contributed by atoms with Gasteiger partial charge in [-0.15, -0.1) is 0 Å². The number of likely N-dealkylation sites (tertiary alicyclic amines) is 1. The zero-order chi connectivity index (χ0) is 24.5. The van der Waals surface area contributed by atoms with E-state index in [4.69, 9.17) is 11.1 Å². The summed E-state index contributed by atoms with van der Waals surface area (Å²) < 4.78 is 69.3. The van der Waals surface area contributed by atoms with Gasteiger partial charge in [0.2, 0.25) is 17.6 Å². The Bertz CT molecular complexity index is 1210. The summed E-state index contributed by atoms with van der Waals surface area (Å²) >= 11 is 0. The molecule has 3 fully saturated rings. The second-order valence-corrected chi connectivity index (χ2v) is 8.83. The van der Waals surface area contributed by atoms with Gasteiger partial charge in [-0.25, -0.2) is 22.0 Å². The molecule has 2 amide bonds. The fourth-order valence-electron chi connectivity index (χ4n) is 5.64. The summed E-state index contributed by atoms with van der Waals surface area (Å²) in [5, 5.41) is 5.62. The van der Waals surface area contributed by atoms with Gasteiger partial charge in [0.05, 0.1) is 23.9 Å². The molecule has 35 heavy (non-hydrogen) atoms. The predicted octanol–water partition coefficient (Wildman–Crippen LogP) is -1.83. The van der Waals surface area contributed by atoms with Crippen molar-refractivity contribution in [3.05, 3.63) is 70.0 Å². The molecule has 3 aliphatic rings. The highest BCUT2D eigenvalue weighted by Crippen LogP contribution is 2.53. The fraction of sp³-hybridized carbons (Fsp3) is 0.348. The van der Waals surface area contributed by atoms with Gasteiger partial charge in [-0.1, -0.05) is 12.1 Å². The van der Waals surface area contributed by atoms with Crippen molar-refractivity contribution < 1.29 is 49.4 Å². The molecule has 1 unspecified atom stereocenters. The molecule has 2 aromatic carbocycles. The number of nitrogens with two attached hydrogens (primary N) is 2. The zero-order valence-corrected chi connectivity index (χ0v) is 18.8. The maximum atomic E-state index is 14.3. The first-order valence-electron chi connectivity index (χ1n) is 10.7. The number of imide groups is 1. The number of rotatable bonds is 4. The number of hydrogen-bond acceptors (Lipinski definition) is 3. The van der Waals surface area contributed by atoms with E-state index >= 15 is 0 Å². The minimum atomic E-state index is -2.30. The molecule has 0 radical (unpaired) electrons. The van der Waals surface area contributed by atoms with E-state index in [9.17, 15) is 31.5 Å². The van der Waals surface area contributed by atoms with Crippen LogP contribution in [0.2, 0.25) is 0 Å². The van der Waals surface area contributed by atoms with Gasteiger partial charge < -0.3 is 12.4 Å². The molecule has 0 bridgehead atoms. The Balaban J connectivity index is 0.00000289. The Labute approximate surface area is 202 Å². The molecule has 12 heteroatoms. The molecule has 0 aromatic heterocycles. The third kappa shape index (κ3) is 3.59. The highest BCUT2D eigenvalue weighted by atomic mass is 35.5. The summed E-state index contributed by atoms with van der Waals surface area (Å²) in [7, 11) is 0. The quantitative estimate of drug-likeness (QED) is 0.125. The first kappa shape index (κ1) is 25.1. The molecule has 0 aliphatic carbocycles. The highest BCUT2D eigenvalue weighted by Gasteiger charge is 2.63. The van der Waals surface area contributed by atoms with E-state index in [2.05, 4.69) is 4.90 Å². The average Bonchev–Trinajstić information content (AvgIpc) is 3.47. The van der Waals surface area contributed by atoms with Crippen LogP contribution < -0.4 is 23.5 Å². The number of amidine groups is 1. The van der Waals surface area contributed by atoms with E-state index in [1.807, 2.05) is 0 Å². The van der Waals surface area contributed by atoms with Gasteiger partial charge in [0.25, 0.3) is 5.84 Å².